The van der Waals surface area contributed by atoms with E-state index in [9.17, 15) is 9.59 Å². The van der Waals surface area contributed by atoms with Gasteiger partial charge in [-0.05, 0) is 68.1 Å². The van der Waals surface area contributed by atoms with E-state index < -0.39 is 18.0 Å². The summed E-state index contributed by atoms with van der Waals surface area (Å²) in [4.78, 5) is 25.2. The molecule has 37 heavy (non-hydrogen) atoms. The molecule has 0 aromatic heterocycles. The minimum Gasteiger partial charge on any atom is -0.465 e. The molecule has 8 nitrogen and oxygen atoms in total. The largest absolute Gasteiger partial charge is 0.465 e. The number of carbonyl (C=O) groups excluding carboxylic acids is 1. The fourth-order valence-electron chi connectivity index (χ4n) is 4.34. The summed E-state index contributed by atoms with van der Waals surface area (Å²) >= 11 is 6.17. The van der Waals surface area contributed by atoms with E-state index in [1.165, 1.54) is 25.2 Å². The van der Waals surface area contributed by atoms with Gasteiger partial charge < -0.3 is 30.1 Å². The second-order valence-electron chi connectivity index (χ2n) is 9.26. The van der Waals surface area contributed by atoms with E-state index in [2.05, 4.69) is 10.6 Å². The molecule has 1 aliphatic rings. The Morgan fingerprint density at radius 2 is 2.11 bits per heavy atom. The average molecular weight is 536 g/mol. The summed E-state index contributed by atoms with van der Waals surface area (Å²) in [6.45, 7) is 2.08. The highest BCUT2D eigenvalue weighted by Crippen LogP contribution is 2.30. The molecule has 1 saturated heterocycles. The molecular weight excluding hydrogens is 501 g/mol. The van der Waals surface area contributed by atoms with Crippen molar-refractivity contribution in [2.45, 2.75) is 31.4 Å². The smallest absolute Gasteiger partial charge is 0.407 e. The number of ether oxygens (including phenoxy) is 2. The van der Waals surface area contributed by atoms with Gasteiger partial charge in [-0.3, -0.25) is 4.79 Å². The predicted molar refractivity (Wildman–Crippen MR) is 140 cm³/mol. The van der Waals surface area contributed by atoms with Gasteiger partial charge in [0.1, 0.15) is 11.9 Å². The second-order valence-corrected chi connectivity index (χ2v) is 9.70. The first-order valence-corrected chi connectivity index (χ1v) is 12.8. The van der Waals surface area contributed by atoms with Crippen molar-refractivity contribution >= 4 is 23.6 Å². The van der Waals surface area contributed by atoms with Crippen molar-refractivity contribution in [3.63, 3.8) is 0 Å². The van der Waals surface area contributed by atoms with Crippen LogP contribution in [0.25, 0.3) is 0 Å². The first-order valence-electron chi connectivity index (χ1n) is 12.4. The van der Waals surface area contributed by atoms with Crippen LogP contribution >= 0.6 is 11.6 Å². The van der Waals surface area contributed by atoms with Gasteiger partial charge in [-0.25, -0.2) is 9.18 Å². The zero-order valence-electron chi connectivity index (χ0n) is 21.2. The van der Waals surface area contributed by atoms with Crippen molar-refractivity contribution in [1.29, 1.82) is 0 Å². The van der Waals surface area contributed by atoms with E-state index in [-0.39, 0.29) is 30.7 Å². The summed E-state index contributed by atoms with van der Waals surface area (Å²) in [5.41, 5.74) is 1.05. The number of halogens is 2. The molecule has 0 radical (unpaired) electrons. The summed E-state index contributed by atoms with van der Waals surface area (Å²) in [5, 5.41) is 15.7. The number of nitrogens with one attached hydrogen (secondary N) is 2. The Balaban J connectivity index is 1.74. The normalized spacial score (nSPS) is 17.1. The van der Waals surface area contributed by atoms with Gasteiger partial charge in [0.15, 0.2) is 0 Å². The highest BCUT2D eigenvalue weighted by molar-refractivity contribution is 6.30. The highest BCUT2D eigenvalue weighted by atomic mass is 35.5. The van der Waals surface area contributed by atoms with Crippen LogP contribution in [0.4, 0.5) is 9.18 Å². The molecule has 1 aliphatic heterocycles. The van der Waals surface area contributed by atoms with Gasteiger partial charge in [0.05, 0.1) is 6.61 Å². The standard InChI is InChI=1S/C27H35ClFN3O5/c1-30-22(13-18-5-4-11-36-17-18)16-31-26(33)20-8-9-24(29)23(15-20)25(19-6-3-7-21(28)14-19)37-12-10-32(2)27(34)35/h3,6-9,14-15,18,22,25,30H,4-5,10-13,16-17H2,1-2H3,(H,31,33)(H,34,35)/t18-,22-,25?/m1/s1. The number of benzene rings is 2. The molecule has 3 N–H and O–H groups in total. The number of likely N-dealkylation sites (N-methyl/N-ethyl adjacent to an activating group) is 2. The summed E-state index contributed by atoms with van der Waals surface area (Å²) in [5.74, 6) is -0.410. The first kappa shape index (κ1) is 28.8. The molecule has 0 spiro atoms. The molecule has 0 saturated carbocycles. The zero-order valence-corrected chi connectivity index (χ0v) is 22.0. The third-order valence-corrected chi connectivity index (χ3v) is 6.75. The number of hydrogen-bond acceptors (Lipinski definition) is 5. The SMILES string of the molecule is CN[C@@H](CNC(=O)c1ccc(F)c(C(OCCN(C)C(=O)O)c2cccc(Cl)c2)c1)C[C@H]1CCCOC1. The minimum atomic E-state index is -1.09. The Hall–Kier alpha value is -2.72. The molecule has 2 amide bonds. The maximum absolute atomic E-state index is 15.0. The second kappa shape index (κ2) is 14.3. The molecule has 2 aromatic carbocycles. The van der Waals surface area contributed by atoms with E-state index in [1.54, 1.807) is 24.3 Å². The summed E-state index contributed by atoms with van der Waals surface area (Å²) in [6, 6.07) is 11.1. The molecule has 1 fully saturated rings. The molecule has 10 heteroatoms. The maximum atomic E-state index is 15.0. The van der Waals surface area contributed by atoms with Crippen LogP contribution in [0.3, 0.4) is 0 Å². The van der Waals surface area contributed by atoms with Gasteiger partial charge in [0.2, 0.25) is 0 Å². The molecule has 202 valence electrons. The predicted octanol–water partition coefficient (Wildman–Crippen LogP) is 4.33. The van der Waals surface area contributed by atoms with Gasteiger partial charge >= 0.3 is 6.09 Å². The van der Waals surface area contributed by atoms with Gasteiger partial charge in [0.25, 0.3) is 5.91 Å². The van der Waals surface area contributed by atoms with Crippen molar-refractivity contribution in [1.82, 2.24) is 15.5 Å². The van der Waals surface area contributed by atoms with Crippen molar-refractivity contribution in [2.75, 3.05) is 47.0 Å². The van der Waals surface area contributed by atoms with Crippen LogP contribution in [0.1, 0.15) is 46.9 Å². The van der Waals surface area contributed by atoms with Crippen molar-refractivity contribution in [2.24, 2.45) is 5.92 Å². The number of amides is 2. The topological polar surface area (TPSA) is 100 Å². The number of nitrogens with zero attached hydrogens (tertiary/aromatic N) is 1. The van der Waals surface area contributed by atoms with E-state index >= 15 is 4.39 Å². The number of carboxylic acid groups (broad SMARTS) is 1. The van der Waals surface area contributed by atoms with Crippen molar-refractivity contribution in [3.8, 4) is 0 Å². The Kier molecular flexibility index (Phi) is 11.1. The van der Waals surface area contributed by atoms with E-state index in [1.807, 2.05) is 7.05 Å². The van der Waals surface area contributed by atoms with E-state index in [4.69, 9.17) is 26.2 Å². The van der Waals surface area contributed by atoms with Gasteiger partial charge in [-0.2, -0.15) is 0 Å². The Labute approximate surface area is 222 Å². The fourth-order valence-corrected chi connectivity index (χ4v) is 4.54. The number of hydrogen-bond donors (Lipinski definition) is 3. The summed E-state index contributed by atoms with van der Waals surface area (Å²) < 4.78 is 26.6. The Morgan fingerprint density at radius 1 is 1.30 bits per heavy atom. The third kappa shape index (κ3) is 8.67. The van der Waals surface area contributed by atoms with E-state index in [0.717, 1.165) is 37.4 Å². The summed E-state index contributed by atoms with van der Waals surface area (Å²) in [6.07, 6.45) is 1.07. The van der Waals surface area contributed by atoms with E-state index in [0.29, 0.717) is 28.6 Å². The molecule has 2 aromatic rings. The highest BCUT2D eigenvalue weighted by Gasteiger charge is 2.23. The van der Waals surface area contributed by atoms with Crippen molar-refractivity contribution < 1.29 is 28.6 Å². The average Bonchev–Trinajstić information content (AvgIpc) is 2.89. The van der Waals surface area contributed by atoms with Crippen LogP contribution in [-0.4, -0.2) is 75.1 Å². The molecule has 3 atom stereocenters. The maximum Gasteiger partial charge on any atom is 0.407 e. The number of carbonyl (C=O) groups is 2. The molecule has 0 aliphatic carbocycles. The fraction of sp³-hybridized carbons (Fsp3) is 0.481. The lowest BCUT2D eigenvalue weighted by atomic mass is 9.94. The first-order chi connectivity index (χ1) is 17.8. The van der Waals surface area contributed by atoms with Crippen LogP contribution in [0.15, 0.2) is 42.5 Å². The Morgan fingerprint density at radius 3 is 2.78 bits per heavy atom. The zero-order chi connectivity index (χ0) is 26.8. The monoisotopic (exact) mass is 535 g/mol. The van der Waals surface area contributed by atoms with Crippen LogP contribution in [0.2, 0.25) is 5.02 Å². The summed E-state index contributed by atoms with van der Waals surface area (Å²) in [7, 11) is 3.29. The van der Waals surface area contributed by atoms with Crippen LogP contribution in [0, 0.1) is 11.7 Å². The van der Waals surface area contributed by atoms with Crippen LogP contribution in [-0.2, 0) is 9.47 Å². The molecule has 3 rings (SSSR count). The lowest BCUT2D eigenvalue weighted by Crippen LogP contribution is -2.41. The van der Waals surface area contributed by atoms with Crippen LogP contribution < -0.4 is 10.6 Å². The molecule has 1 heterocycles. The Bertz CT molecular complexity index is 1050. The van der Waals surface area contributed by atoms with Crippen molar-refractivity contribution in [3.05, 3.63) is 70.0 Å². The lowest BCUT2D eigenvalue weighted by molar-refractivity contribution is 0.0478. The molecular formula is C27H35ClFN3O5. The minimum absolute atomic E-state index is 0.0184. The van der Waals surface area contributed by atoms with Crippen LogP contribution in [0.5, 0.6) is 0 Å². The van der Waals surface area contributed by atoms with Gasteiger partial charge in [0, 0.05) is 55.5 Å². The van der Waals surface area contributed by atoms with Gasteiger partial charge in [-0.1, -0.05) is 23.7 Å². The van der Waals surface area contributed by atoms with Gasteiger partial charge in [-0.15, -0.1) is 0 Å². The molecule has 1 unspecified atom stereocenters. The quantitative estimate of drug-likeness (QED) is 0.374. The number of rotatable bonds is 12. The third-order valence-electron chi connectivity index (χ3n) is 6.52. The lowest BCUT2D eigenvalue weighted by Gasteiger charge is -2.26. The molecule has 0 bridgehead atoms.